The average molecular weight is 326 g/mol. The SMILES string of the molecule is NN1c2ccccc2-c2ccnc3[nH]cc(c23)C1Cc1ccccc1. The third-order valence-electron chi connectivity index (χ3n) is 5.04. The van der Waals surface area contributed by atoms with Crippen LogP contribution >= 0.6 is 0 Å². The number of hydrogen-bond acceptors (Lipinski definition) is 3. The van der Waals surface area contributed by atoms with Crippen molar-refractivity contribution in [2.75, 3.05) is 5.01 Å². The van der Waals surface area contributed by atoms with E-state index < -0.39 is 0 Å². The van der Waals surface area contributed by atoms with Gasteiger partial charge < -0.3 is 9.99 Å². The number of hydrazine groups is 1. The maximum atomic E-state index is 6.65. The van der Waals surface area contributed by atoms with Gasteiger partial charge in [-0.25, -0.2) is 10.8 Å². The van der Waals surface area contributed by atoms with Crippen LogP contribution in [-0.4, -0.2) is 9.97 Å². The highest BCUT2D eigenvalue weighted by Gasteiger charge is 2.29. The molecule has 3 heterocycles. The molecule has 4 aromatic rings. The van der Waals surface area contributed by atoms with Crippen LogP contribution in [0.1, 0.15) is 17.2 Å². The van der Waals surface area contributed by atoms with Crippen LogP contribution in [0.4, 0.5) is 5.69 Å². The van der Waals surface area contributed by atoms with Gasteiger partial charge in [-0.05, 0) is 29.7 Å². The molecule has 0 fully saturated rings. The molecule has 4 heteroatoms. The first kappa shape index (κ1) is 14.3. The second kappa shape index (κ2) is 5.46. The summed E-state index contributed by atoms with van der Waals surface area (Å²) in [6.07, 6.45) is 4.75. The fourth-order valence-corrected chi connectivity index (χ4v) is 3.86. The summed E-state index contributed by atoms with van der Waals surface area (Å²) in [5.74, 6) is 6.65. The number of pyridine rings is 1. The van der Waals surface area contributed by atoms with Gasteiger partial charge in [-0.2, -0.15) is 0 Å². The van der Waals surface area contributed by atoms with Gasteiger partial charge in [0.2, 0.25) is 0 Å². The monoisotopic (exact) mass is 326 g/mol. The Morgan fingerprint density at radius 1 is 0.960 bits per heavy atom. The van der Waals surface area contributed by atoms with Gasteiger partial charge in [0, 0.05) is 28.9 Å². The summed E-state index contributed by atoms with van der Waals surface area (Å²) in [6.45, 7) is 0. The predicted molar refractivity (Wildman–Crippen MR) is 101 cm³/mol. The number of para-hydroxylation sites is 1. The molecule has 0 saturated heterocycles. The molecule has 1 atom stereocenters. The first-order valence-electron chi connectivity index (χ1n) is 8.46. The zero-order valence-electron chi connectivity index (χ0n) is 13.7. The van der Waals surface area contributed by atoms with Crippen molar-refractivity contribution in [2.24, 2.45) is 5.84 Å². The van der Waals surface area contributed by atoms with Crippen molar-refractivity contribution in [3.05, 3.63) is 84.2 Å². The van der Waals surface area contributed by atoms with Gasteiger partial charge in [0.25, 0.3) is 0 Å². The van der Waals surface area contributed by atoms with Crippen LogP contribution in [0, 0.1) is 0 Å². The molecule has 122 valence electrons. The Morgan fingerprint density at radius 3 is 2.64 bits per heavy atom. The number of hydrogen-bond donors (Lipinski definition) is 2. The normalized spacial score (nSPS) is 15.9. The molecule has 2 aromatic heterocycles. The highest BCUT2D eigenvalue weighted by molar-refractivity contribution is 6.00. The van der Waals surface area contributed by atoms with Crippen LogP contribution in [0.3, 0.4) is 0 Å². The lowest BCUT2D eigenvalue weighted by molar-refractivity contribution is 0.641. The van der Waals surface area contributed by atoms with Crippen LogP contribution in [-0.2, 0) is 6.42 Å². The Morgan fingerprint density at radius 2 is 1.76 bits per heavy atom. The Labute approximate surface area is 145 Å². The minimum absolute atomic E-state index is 0.0442. The van der Waals surface area contributed by atoms with Gasteiger partial charge in [0.05, 0.1) is 11.7 Å². The Hall–Kier alpha value is -3.11. The number of nitrogens with zero attached hydrogens (tertiary/aromatic N) is 2. The summed E-state index contributed by atoms with van der Waals surface area (Å²) < 4.78 is 0. The van der Waals surface area contributed by atoms with Gasteiger partial charge in [-0.3, -0.25) is 0 Å². The Bertz CT molecular complexity index is 1050. The van der Waals surface area contributed by atoms with Gasteiger partial charge in [0.1, 0.15) is 5.65 Å². The van der Waals surface area contributed by atoms with Crippen molar-refractivity contribution >= 4 is 16.7 Å². The molecule has 0 radical (unpaired) electrons. The Kier molecular flexibility index (Phi) is 3.11. The lowest BCUT2D eigenvalue weighted by Crippen LogP contribution is -2.36. The van der Waals surface area contributed by atoms with E-state index in [0.29, 0.717) is 0 Å². The van der Waals surface area contributed by atoms with Crippen molar-refractivity contribution in [3.8, 4) is 11.1 Å². The molecule has 1 aliphatic rings. The quantitative estimate of drug-likeness (QED) is 0.543. The minimum atomic E-state index is 0.0442. The highest BCUT2D eigenvalue weighted by atomic mass is 15.4. The van der Waals surface area contributed by atoms with E-state index in [4.69, 9.17) is 5.84 Å². The number of benzene rings is 2. The van der Waals surface area contributed by atoms with Crippen molar-refractivity contribution < 1.29 is 0 Å². The second-order valence-corrected chi connectivity index (χ2v) is 6.46. The number of nitrogens with one attached hydrogen (secondary N) is 1. The first-order valence-corrected chi connectivity index (χ1v) is 8.46. The summed E-state index contributed by atoms with van der Waals surface area (Å²) in [5, 5.41) is 3.08. The lowest BCUT2D eigenvalue weighted by Gasteiger charge is -2.29. The number of nitrogens with two attached hydrogens (primary N) is 1. The summed E-state index contributed by atoms with van der Waals surface area (Å²) in [4.78, 5) is 7.83. The number of fused-ring (bicyclic) bond motifs is 2. The molecule has 0 spiro atoms. The molecule has 4 nitrogen and oxygen atoms in total. The number of anilines is 1. The number of aromatic nitrogens is 2. The standard InChI is InChI=1S/C21H18N4/c22-25-18-9-5-4-8-15(18)16-10-11-23-21-20(16)17(13-24-21)19(25)12-14-6-2-1-3-7-14/h1-11,13,19H,12,22H2,(H,23,24). The molecule has 2 aromatic carbocycles. The largest absolute Gasteiger partial charge is 0.346 e. The van der Waals surface area contributed by atoms with E-state index in [9.17, 15) is 0 Å². The van der Waals surface area contributed by atoms with E-state index in [1.165, 1.54) is 22.1 Å². The zero-order valence-corrected chi connectivity index (χ0v) is 13.7. The van der Waals surface area contributed by atoms with E-state index in [-0.39, 0.29) is 6.04 Å². The molecular formula is C21H18N4. The number of rotatable bonds is 2. The van der Waals surface area contributed by atoms with Gasteiger partial charge >= 0.3 is 0 Å². The molecule has 25 heavy (non-hydrogen) atoms. The Balaban J connectivity index is 1.77. The predicted octanol–water partition coefficient (Wildman–Crippen LogP) is 4.21. The molecule has 5 rings (SSSR count). The number of aromatic amines is 1. The van der Waals surface area contributed by atoms with Gasteiger partial charge in [0.15, 0.2) is 0 Å². The fourth-order valence-electron chi connectivity index (χ4n) is 3.86. The molecule has 0 bridgehead atoms. The maximum absolute atomic E-state index is 6.65. The van der Waals surface area contributed by atoms with Crippen molar-refractivity contribution in [1.29, 1.82) is 0 Å². The fraction of sp³-hybridized carbons (Fsp3) is 0.0952. The van der Waals surface area contributed by atoms with Gasteiger partial charge in [-0.15, -0.1) is 0 Å². The van der Waals surface area contributed by atoms with Crippen molar-refractivity contribution in [3.63, 3.8) is 0 Å². The van der Waals surface area contributed by atoms with E-state index in [2.05, 4.69) is 64.7 Å². The van der Waals surface area contributed by atoms with Crippen molar-refractivity contribution in [2.45, 2.75) is 12.5 Å². The minimum Gasteiger partial charge on any atom is -0.346 e. The summed E-state index contributed by atoms with van der Waals surface area (Å²) in [5.41, 5.74) is 6.75. The molecular weight excluding hydrogens is 308 g/mol. The van der Waals surface area contributed by atoms with Crippen LogP contribution in [0.5, 0.6) is 0 Å². The van der Waals surface area contributed by atoms with Crippen molar-refractivity contribution in [1.82, 2.24) is 9.97 Å². The highest BCUT2D eigenvalue weighted by Crippen LogP contribution is 2.44. The van der Waals surface area contributed by atoms with E-state index in [0.717, 1.165) is 23.3 Å². The van der Waals surface area contributed by atoms with E-state index >= 15 is 0 Å². The third-order valence-corrected chi connectivity index (χ3v) is 5.04. The summed E-state index contributed by atoms with van der Waals surface area (Å²) in [7, 11) is 0. The molecule has 0 saturated carbocycles. The van der Waals surface area contributed by atoms with Crippen LogP contribution < -0.4 is 10.9 Å². The van der Waals surface area contributed by atoms with Gasteiger partial charge in [-0.1, -0.05) is 48.5 Å². The van der Waals surface area contributed by atoms with Crippen LogP contribution in [0.2, 0.25) is 0 Å². The van der Waals surface area contributed by atoms with E-state index in [1.54, 1.807) is 0 Å². The molecule has 3 N–H and O–H groups in total. The van der Waals surface area contributed by atoms with E-state index in [1.807, 2.05) is 23.3 Å². The lowest BCUT2D eigenvalue weighted by atomic mass is 9.97. The molecule has 0 amide bonds. The summed E-state index contributed by atoms with van der Waals surface area (Å²) in [6, 6.07) is 20.9. The molecule has 1 aliphatic heterocycles. The van der Waals surface area contributed by atoms with Crippen LogP contribution in [0.15, 0.2) is 73.1 Å². The maximum Gasteiger partial charge on any atom is 0.138 e. The van der Waals surface area contributed by atoms with Crippen LogP contribution in [0.25, 0.3) is 22.2 Å². The third kappa shape index (κ3) is 2.15. The average Bonchev–Trinajstić information content (AvgIpc) is 3.06. The molecule has 0 aliphatic carbocycles. The second-order valence-electron chi connectivity index (χ2n) is 6.46. The smallest absolute Gasteiger partial charge is 0.138 e. The topological polar surface area (TPSA) is 57.9 Å². The molecule has 1 unspecified atom stereocenters. The summed E-state index contributed by atoms with van der Waals surface area (Å²) >= 11 is 0. The zero-order chi connectivity index (χ0) is 16.8. The first-order chi connectivity index (χ1) is 12.3. The number of H-pyrrole nitrogens is 1.